The molecule has 0 bridgehead atoms. The van der Waals surface area contributed by atoms with Gasteiger partial charge in [-0.3, -0.25) is 9.98 Å². The molecule has 0 radical (unpaired) electrons. The van der Waals surface area contributed by atoms with E-state index in [1.807, 2.05) is 48.7 Å². The zero-order chi connectivity index (χ0) is 17.8. The van der Waals surface area contributed by atoms with Crippen molar-refractivity contribution in [1.29, 1.82) is 0 Å². The molecule has 0 atom stereocenters. The highest BCUT2D eigenvalue weighted by molar-refractivity contribution is 6.09. The summed E-state index contributed by atoms with van der Waals surface area (Å²) in [6.45, 7) is 0.463. The van der Waals surface area contributed by atoms with Crippen LogP contribution in [0.2, 0.25) is 0 Å². The molecule has 0 spiro atoms. The molecule has 0 unspecified atom stereocenters. The third-order valence-electron chi connectivity index (χ3n) is 4.40. The molecular formula is C21H21N5. The van der Waals surface area contributed by atoms with E-state index in [1.165, 1.54) is 0 Å². The van der Waals surface area contributed by atoms with Gasteiger partial charge < -0.3 is 10.7 Å². The Balaban J connectivity index is 1.72. The average molecular weight is 343 g/mol. The Morgan fingerprint density at radius 1 is 1.08 bits per heavy atom. The predicted molar refractivity (Wildman–Crippen MR) is 105 cm³/mol. The molecule has 3 N–H and O–H groups in total. The van der Waals surface area contributed by atoms with Gasteiger partial charge in [0.05, 0.1) is 17.9 Å². The van der Waals surface area contributed by atoms with Gasteiger partial charge in [0.25, 0.3) is 0 Å². The molecule has 130 valence electrons. The van der Waals surface area contributed by atoms with Crippen LogP contribution in [0.4, 0.5) is 0 Å². The van der Waals surface area contributed by atoms with Crippen LogP contribution in [0.15, 0.2) is 77.0 Å². The maximum atomic E-state index is 6.18. The van der Waals surface area contributed by atoms with Crippen LogP contribution in [0.25, 0.3) is 11.1 Å². The smallest absolute Gasteiger partial charge is 0.174 e. The van der Waals surface area contributed by atoms with Gasteiger partial charge >= 0.3 is 0 Å². The van der Waals surface area contributed by atoms with Gasteiger partial charge in [-0.05, 0) is 36.6 Å². The summed E-state index contributed by atoms with van der Waals surface area (Å²) in [4.78, 5) is 17.0. The molecule has 1 fully saturated rings. The number of nitrogens with two attached hydrogens (primary N) is 1. The number of amidine groups is 2. The van der Waals surface area contributed by atoms with Crippen molar-refractivity contribution in [3.63, 3.8) is 0 Å². The van der Waals surface area contributed by atoms with E-state index in [2.05, 4.69) is 27.1 Å². The Morgan fingerprint density at radius 2 is 1.88 bits per heavy atom. The molecule has 26 heavy (non-hydrogen) atoms. The quantitative estimate of drug-likeness (QED) is 0.546. The fraction of sp³-hybridized carbons (Fsp3) is 0.190. The topological polar surface area (TPSA) is 79.4 Å². The summed E-state index contributed by atoms with van der Waals surface area (Å²) in [7, 11) is 0. The van der Waals surface area contributed by atoms with Crippen LogP contribution in [0, 0.1) is 5.92 Å². The highest BCUT2D eigenvalue weighted by Gasteiger charge is 2.26. The molecule has 1 aliphatic carbocycles. The van der Waals surface area contributed by atoms with Crippen LogP contribution in [0.5, 0.6) is 0 Å². The lowest BCUT2D eigenvalue weighted by Gasteiger charge is -2.07. The molecule has 0 aliphatic heterocycles. The van der Waals surface area contributed by atoms with E-state index in [0.717, 1.165) is 35.4 Å². The zero-order valence-corrected chi connectivity index (χ0v) is 14.5. The average Bonchev–Trinajstić information content (AvgIpc) is 3.44. The number of hydrogen-bond donors (Lipinski definition) is 2. The first-order chi connectivity index (χ1) is 12.8. The van der Waals surface area contributed by atoms with Gasteiger partial charge in [0, 0.05) is 23.9 Å². The van der Waals surface area contributed by atoms with E-state index < -0.39 is 0 Å². The van der Waals surface area contributed by atoms with Gasteiger partial charge in [0.2, 0.25) is 0 Å². The maximum Gasteiger partial charge on any atom is 0.174 e. The van der Waals surface area contributed by atoms with E-state index in [0.29, 0.717) is 24.1 Å². The van der Waals surface area contributed by atoms with Gasteiger partial charge in [-0.15, -0.1) is 0 Å². The van der Waals surface area contributed by atoms with Crippen LogP contribution in [0.3, 0.4) is 0 Å². The van der Waals surface area contributed by atoms with Crippen molar-refractivity contribution >= 4 is 11.7 Å². The molecule has 5 nitrogen and oxygen atoms in total. The highest BCUT2D eigenvalue weighted by atomic mass is 15.0. The summed E-state index contributed by atoms with van der Waals surface area (Å²) in [6.07, 6.45) is 5.91. The number of nitrogens with zero attached hydrogens (tertiary/aromatic N) is 3. The van der Waals surface area contributed by atoms with Crippen molar-refractivity contribution in [1.82, 2.24) is 9.97 Å². The zero-order valence-electron chi connectivity index (χ0n) is 14.5. The molecule has 0 amide bonds. The lowest BCUT2D eigenvalue weighted by Crippen LogP contribution is -2.17. The summed E-state index contributed by atoms with van der Waals surface area (Å²) in [5.41, 5.74) is 10.2. The van der Waals surface area contributed by atoms with Crippen LogP contribution < -0.4 is 5.73 Å². The van der Waals surface area contributed by atoms with Crippen molar-refractivity contribution in [3.8, 4) is 11.1 Å². The van der Waals surface area contributed by atoms with E-state index in [9.17, 15) is 0 Å². The molecule has 4 rings (SSSR count). The summed E-state index contributed by atoms with van der Waals surface area (Å²) in [5, 5.41) is 0. The number of H-pyrrole nitrogens is 1. The second-order valence-corrected chi connectivity index (χ2v) is 6.40. The van der Waals surface area contributed by atoms with Crippen LogP contribution in [0.1, 0.15) is 24.2 Å². The third kappa shape index (κ3) is 3.72. The monoisotopic (exact) mass is 343 g/mol. The van der Waals surface area contributed by atoms with Crippen molar-refractivity contribution in [3.05, 3.63) is 78.4 Å². The first kappa shape index (κ1) is 16.3. The van der Waals surface area contributed by atoms with Crippen molar-refractivity contribution in [2.24, 2.45) is 21.6 Å². The van der Waals surface area contributed by atoms with E-state index in [4.69, 9.17) is 10.7 Å². The van der Waals surface area contributed by atoms with Crippen molar-refractivity contribution in [2.75, 3.05) is 0 Å². The second-order valence-electron chi connectivity index (χ2n) is 6.40. The number of hydrogen-bond acceptors (Lipinski definition) is 2. The molecular weight excluding hydrogens is 322 g/mol. The lowest BCUT2D eigenvalue weighted by atomic mass is 10.1. The number of aromatic nitrogens is 2. The largest absolute Gasteiger partial charge is 0.387 e. The molecule has 1 aromatic carbocycles. The Hall–Kier alpha value is -3.21. The number of nitrogens with one attached hydrogen (secondary N) is 1. The lowest BCUT2D eigenvalue weighted by molar-refractivity contribution is 0.983. The standard InChI is InChI=1S/C21H21N5/c22-20(16-9-10-16)26-21(25-14-17-8-4-5-12-23-17)19-18(11-13-24-19)15-6-2-1-3-7-15/h1-8,11-13,16,24H,9-10,14H2,(H2,22,25,26). The van der Waals surface area contributed by atoms with E-state index in [-0.39, 0.29) is 0 Å². The minimum absolute atomic E-state index is 0.394. The van der Waals surface area contributed by atoms with E-state index in [1.54, 1.807) is 6.20 Å². The summed E-state index contributed by atoms with van der Waals surface area (Å²) >= 11 is 0. The Morgan fingerprint density at radius 3 is 2.62 bits per heavy atom. The molecule has 2 heterocycles. The SMILES string of the molecule is NC(=NC(=NCc1ccccn1)c1[nH]ccc1-c1ccccc1)C1CC1. The summed E-state index contributed by atoms with van der Waals surface area (Å²) < 4.78 is 0. The number of aromatic amines is 1. The molecule has 1 saturated carbocycles. The van der Waals surface area contributed by atoms with Crippen molar-refractivity contribution in [2.45, 2.75) is 19.4 Å². The van der Waals surface area contributed by atoms with Gasteiger partial charge in [0.1, 0.15) is 5.84 Å². The van der Waals surface area contributed by atoms with Crippen molar-refractivity contribution < 1.29 is 0 Å². The fourth-order valence-electron chi connectivity index (χ4n) is 2.82. The minimum Gasteiger partial charge on any atom is -0.387 e. The van der Waals surface area contributed by atoms with Crippen LogP contribution >= 0.6 is 0 Å². The number of benzene rings is 1. The normalized spacial score (nSPS) is 15.2. The Bertz CT molecular complexity index is 921. The first-order valence-electron chi connectivity index (χ1n) is 8.83. The number of aliphatic imine (C=N–C) groups is 2. The van der Waals surface area contributed by atoms with Gasteiger partial charge in [-0.2, -0.15) is 0 Å². The third-order valence-corrected chi connectivity index (χ3v) is 4.40. The minimum atomic E-state index is 0.394. The molecule has 0 saturated heterocycles. The molecule has 1 aliphatic rings. The number of pyridine rings is 1. The van der Waals surface area contributed by atoms with Crippen LogP contribution in [-0.2, 0) is 6.54 Å². The van der Waals surface area contributed by atoms with Crippen LogP contribution in [-0.4, -0.2) is 21.6 Å². The summed E-state index contributed by atoms with van der Waals surface area (Å²) in [5.74, 6) is 1.69. The van der Waals surface area contributed by atoms with Gasteiger partial charge in [-0.25, -0.2) is 4.99 Å². The van der Waals surface area contributed by atoms with Gasteiger partial charge in [0.15, 0.2) is 5.84 Å². The Kier molecular flexibility index (Phi) is 4.60. The molecule has 5 heteroatoms. The second kappa shape index (κ2) is 7.35. The maximum absolute atomic E-state index is 6.18. The fourth-order valence-corrected chi connectivity index (χ4v) is 2.82. The molecule has 2 aromatic heterocycles. The Labute approximate surface area is 152 Å². The predicted octanol–water partition coefficient (Wildman–Crippen LogP) is 3.79. The van der Waals surface area contributed by atoms with Gasteiger partial charge in [-0.1, -0.05) is 36.4 Å². The highest BCUT2D eigenvalue weighted by Crippen LogP contribution is 2.30. The summed E-state index contributed by atoms with van der Waals surface area (Å²) in [6, 6.07) is 18.1. The van der Waals surface area contributed by atoms with E-state index >= 15 is 0 Å². The molecule has 3 aromatic rings. The first-order valence-corrected chi connectivity index (χ1v) is 8.83. The number of rotatable bonds is 5.